The van der Waals surface area contributed by atoms with Crippen molar-refractivity contribution in [1.82, 2.24) is 4.98 Å². The predicted octanol–water partition coefficient (Wildman–Crippen LogP) is 3.26. The molecule has 1 heterocycles. The van der Waals surface area contributed by atoms with Crippen LogP contribution in [-0.4, -0.2) is 10.9 Å². The van der Waals surface area contributed by atoms with Crippen molar-refractivity contribution in [2.24, 2.45) is 5.41 Å². The minimum atomic E-state index is -0.00332. The normalized spacial score (nSPS) is 11.5. The number of nitrogens with zero attached hydrogens (tertiary/aromatic N) is 1. The van der Waals surface area contributed by atoms with Crippen molar-refractivity contribution in [3.05, 3.63) is 11.1 Å². The van der Waals surface area contributed by atoms with Crippen LogP contribution < -0.4 is 5.32 Å². The maximum Gasteiger partial charge on any atom is 0.226 e. The van der Waals surface area contributed by atoms with Crippen LogP contribution in [0.1, 0.15) is 32.9 Å². The Morgan fingerprint density at radius 2 is 2.27 bits per heavy atom. The molecule has 0 aromatic carbocycles. The first-order chi connectivity index (χ1) is 6.90. The molecule has 0 aliphatic rings. The van der Waals surface area contributed by atoms with Crippen molar-refractivity contribution in [2.75, 3.05) is 5.32 Å². The number of thiazole rings is 1. The summed E-state index contributed by atoms with van der Waals surface area (Å²) in [6.07, 6.45) is 0.489. The van der Waals surface area contributed by atoms with Gasteiger partial charge in [-0.05, 0) is 5.41 Å². The highest BCUT2D eigenvalue weighted by Gasteiger charge is 2.16. The van der Waals surface area contributed by atoms with E-state index in [0.717, 1.165) is 5.69 Å². The van der Waals surface area contributed by atoms with Crippen LogP contribution >= 0.6 is 22.9 Å². The number of aromatic nitrogens is 1. The zero-order valence-electron chi connectivity index (χ0n) is 9.13. The van der Waals surface area contributed by atoms with Crippen molar-refractivity contribution in [3.63, 3.8) is 0 Å². The van der Waals surface area contributed by atoms with Gasteiger partial charge in [-0.1, -0.05) is 20.8 Å². The summed E-state index contributed by atoms with van der Waals surface area (Å²) in [5.41, 5.74) is 0.796. The summed E-state index contributed by atoms with van der Waals surface area (Å²) in [5, 5.41) is 5.23. The van der Waals surface area contributed by atoms with Gasteiger partial charge in [0.1, 0.15) is 0 Å². The molecular weight excluding hydrogens is 232 g/mol. The molecule has 0 fully saturated rings. The zero-order valence-corrected chi connectivity index (χ0v) is 10.7. The molecule has 84 valence electrons. The first-order valence-corrected chi connectivity index (χ1v) is 6.12. The van der Waals surface area contributed by atoms with Gasteiger partial charge in [0.25, 0.3) is 0 Å². The molecule has 3 nitrogen and oxygen atoms in total. The second-order valence-corrected chi connectivity index (χ2v) is 5.69. The molecule has 0 radical (unpaired) electrons. The number of carbonyl (C=O) groups excluding carboxylic acids is 1. The van der Waals surface area contributed by atoms with Crippen molar-refractivity contribution in [3.8, 4) is 0 Å². The number of hydrogen-bond acceptors (Lipinski definition) is 3. The SMILES string of the molecule is CC(C)(C)CC(=O)Nc1nc(CCl)cs1. The topological polar surface area (TPSA) is 42.0 Å². The highest BCUT2D eigenvalue weighted by molar-refractivity contribution is 7.13. The van der Waals surface area contributed by atoms with Crippen LogP contribution in [0.5, 0.6) is 0 Å². The lowest BCUT2D eigenvalue weighted by atomic mass is 9.92. The van der Waals surface area contributed by atoms with Crippen molar-refractivity contribution < 1.29 is 4.79 Å². The highest BCUT2D eigenvalue weighted by Crippen LogP contribution is 2.21. The molecule has 0 spiro atoms. The lowest BCUT2D eigenvalue weighted by Gasteiger charge is -2.16. The summed E-state index contributed by atoms with van der Waals surface area (Å²) in [6.45, 7) is 6.08. The fourth-order valence-electron chi connectivity index (χ4n) is 1.07. The van der Waals surface area contributed by atoms with E-state index in [1.54, 1.807) is 0 Å². The van der Waals surface area contributed by atoms with Gasteiger partial charge in [-0.2, -0.15) is 0 Å². The maximum atomic E-state index is 11.5. The molecule has 0 saturated heterocycles. The fourth-order valence-corrected chi connectivity index (χ4v) is 2.03. The molecule has 1 aromatic rings. The van der Waals surface area contributed by atoms with Gasteiger partial charge in [0, 0.05) is 11.8 Å². The Morgan fingerprint density at radius 3 is 2.73 bits per heavy atom. The van der Waals surface area contributed by atoms with Gasteiger partial charge in [-0.3, -0.25) is 4.79 Å². The third kappa shape index (κ3) is 4.62. The van der Waals surface area contributed by atoms with Crippen LogP contribution in [0.4, 0.5) is 5.13 Å². The van der Waals surface area contributed by atoms with Crippen molar-refractivity contribution in [1.29, 1.82) is 0 Å². The summed E-state index contributed by atoms with van der Waals surface area (Å²) < 4.78 is 0. The molecule has 1 rings (SSSR count). The molecular formula is C10H15ClN2OS. The summed E-state index contributed by atoms with van der Waals surface area (Å²) in [7, 11) is 0. The van der Waals surface area contributed by atoms with E-state index in [1.165, 1.54) is 11.3 Å². The van der Waals surface area contributed by atoms with Crippen LogP contribution in [0, 0.1) is 5.41 Å². The van der Waals surface area contributed by atoms with Gasteiger partial charge in [0.15, 0.2) is 5.13 Å². The predicted molar refractivity (Wildman–Crippen MR) is 64.4 cm³/mol. The Kier molecular flexibility index (Phi) is 4.11. The van der Waals surface area contributed by atoms with Crippen LogP contribution in [0.3, 0.4) is 0 Å². The number of rotatable bonds is 3. The number of nitrogens with one attached hydrogen (secondary N) is 1. The van der Waals surface area contributed by atoms with Gasteiger partial charge in [-0.15, -0.1) is 22.9 Å². The first kappa shape index (κ1) is 12.5. The molecule has 1 aromatic heterocycles. The fraction of sp³-hybridized carbons (Fsp3) is 0.600. The second kappa shape index (κ2) is 4.94. The Bertz CT molecular complexity index is 343. The minimum Gasteiger partial charge on any atom is -0.302 e. The molecule has 5 heteroatoms. The van der Waals surface area contributed by atoms with E-state index in [0.29, 0.717) is 17.4 Å². The van der Waals surface area contributed by atoms with Crippen molar-refractivity contribution in [2.45, 2.75) is 33.1 Å². The molecule has 0 aliphatic heterocycles. The molecule has 15 heavy (non-hydrogen) atoms. The van der Waals surface area contributed by atoms with Crippen molar-refractivity contribution >= 4 is 34.0 Å². The lowest BCUT2D eigenvalue weighted by Crippen LogP contribution is -2.19. The Balaban J connectivity index is 2.51. The highest BCUT2D eigenvalue weighted by atomic mass is 35.5. The molecule has 0 aliphatic carbocycles. The van der Waals surface area contributed by atoms with Crippen LogP contribution in [0.15, 0.2) is 5.38 Å². The Morgan fingerprint density at radius 1 is 1.60 bits per heavy atom. The average molecular weight is 247 g/mol. The minimum absolute atomic E-state index is 0.00188. The van der Waals surface area contributed by atoms with Gasteiger partial charge in [0.2, 0.25) is 5.91 Å². The molecule has 1 amide bonds. The summed E-state index contributed by atoms with van der Waals surface area (Å²) in [6, 6.07) is 0. The van der Waals surface area contributed by atoms with Crippen LogP contribution in [-0.2, 0) is 10.7 Å². The lowest BCUT2D eigenvalue weighted by molar-refractivity contribution is -0.117. The number of alkyl halides is 1. The quantitative estimate of drug-likeness (QED) is 0.832. The monoisotopic (exact) mass is 246 g/mol. The number of amides is 1. The maximum absolute atomic E-state index is 11.5. The number of hydrogen-bond donors (Lipinski definition) is 1. The Hall–Kier alpha value is -0.610. The molecule has 0 saturated carbocycles. The van der Waals surface area contributed by atoms with E-state index in [-0.39, 0.29) is 11.3 Å². The molecule has 0 atom stereocenters. The molecule has 0 bridgehead atoms. The van der Waals surface area contributed by atoms with Crippen LogP contribution in [0.25, 0.3) is 0 Å². The summed E-state index contributed by atoms with van der Waals surface area (Å²) >= 11 is 7.02. The van der Waals surface area contributed by atoms with Gasteiger partial charge in [-0.25, -0.2) is 4.98 Å². The zero-order chi connectivity index (χ0) is 11.5. The smallest absolute Gasteiger partial charge is 0.226 e. The number of carbonyl (C=O) groups is 1. The van der Waals surface area contributed by atoms with E-state index < -0.39 is 0 Å². The average Bonchev–Trinajstić information content (AvgIpc) is 2.48. The standard InChI is InChI=1S/C10H15ClN2OS/c1-10(2,3)4-8(14)13-9-12-7(5-11)6-15-9/h6H,4-5H2,1-3H3,(H,12,13,14). The summed E-state index contributed by atoms with van der Waals surface area (Å²) in [4.78, 5) is 15.7. The van der Waals surface area contributed by atoms with E-state index in [9.17, 15) is 4.79 Å². The van der Waals surface area contributed by atoms with E-state index in [4.69, 9.17) is 11.6 Å². The molecule has 0 unspecified atom stereocenters. The first-order valence-electron chi connectivity index (χ1n) is 4.71. The second-order valence-electron chi connectivity index (χ2n) is 4.56. The third-order valence-electron chi connectivity index (χ3n) is 1.63. The van der Waals surface area contributed by atoms with Gasteiger partial charge in [0.05, 0.1) is 11.6 Å². The van der Waals surface area contributed by atoms with E-state index in [2.05, 4.69) is 10.3 Å². The Labute approximate surface area is 98.9 Å². The summed E-state index contributed by atoms with van der Waals surface area (Å²) in [5.74, 6) is 0.379. The van der Waals surface area contributed by atoms with Gasteiger partial charge >= 0.3 is 0 Å². The van der Waals surface area contributed by atoms with Gasteiger partial charge < -0.3 is 5.32 Å². The molecule has 1 N–H and O–H groups in total. The van der Waals surface area contributed by atoms with E-state index >= 15 is 0 Å². The van der Waals surface area contributed by atoms with Crippen LogP contribution in [0.2, 0.25) is 0 Å². The number of halogens is 1. The largest absolute Gasteiger partial charge is 0.302 e. The third-order valence-corrected chi connectivity index (χ3v) is 2.71. The number of anilines is 1. The van der Waals surface area contributed by atoms with E-state index in [1.807, 2.05) is 26.2 Å².